The minimum atomic E-state index is -0.132. The number of benzene rings is 2. The van der Waals surface area contributed by atoms with Crippen LogP contribution in [-0.2, 0) is 4.79 Å². The number of nitrogens with one attached hydrogen (secondary N) is 2. The summed E-state index contributed by atoms with van der Waals surface area (Å²) in [6.07, 6.45) is 0. The molecule has 2 aromatic carbocycles. The van der Waals surface area contributed by atoms with Crippen molar-refractivity contribution in [3.05, 3.63) is 54.1 Å². The number of rotatable bonds is 7. The third-order valence-corrected chi connectivity index (χ3v) is 6.00. The van der Waals surface area contributed by atoms with Gasteiger partial charge < -0.3 is 20.1 Å². The Bertz CT molecular complexity index is 965. The zero-order chi connectivity index (χ0) is 19.3. The Labute approximate surface area is 170 Å². The van der Waals surface area contributed by atoms with Gasteiger partial charge in [-0.25, -0.2) is 0 Å². The molecule has 144 valence electrons. The van der Waals surface area contributed by atoms with Crippen LogP contribution in [0.2, 0.25) is 0 Å². The summed E-state index contributed by atoms with van der Waals surface area (Å²) in [5.74, 6) is 1.65. The molecule has 1 aliphatic heterocycles. The summed E-state index contributed by atoms with van der Waals surface area (Å²) in [5, 5.41) is 15.1. The van der Waals surface area contributed by atoms with Gasteiger partial charge in [0.15, 0.2) is 15.8 Å². The number of fused-ring (bicyclic) bond motifs is 1. The van der Waals surface area contributed by atoms with Crippen molar-refractivity contribution in [1.29, 1.82) is 0 Å². The van der Waals surface area contributed by atoms with Gasteiger partial charge in [-0.15, -0.1) is 10.2 Å². The molecular weight excluding hydrogens is 396 g/mol. The molecule has 1 amide bonds. The molecular formula is C19H18N4O3S2. The lowest BCUT2D eigenvalue weighted by Gasteiger charge is -2.14. The maximum Gasteiger partial charge on any atom is 0.231 e. The molecule has 0 fully saturated rings. The SMILES string of the molecule is C[C@H](NC(=O)CSc1nnc(Nc2ccccc2)s1)c1ccc2c(c1)OCO2. The molecule has 0 spiro atoms. The topological polar surface area (TPSA) is 85.4 Å². The van der Waals surface area contributed by atoms with Crippen LogP contribution in [0.25, 0.3) is 0 Å². The lowest BCUT2D eigenvalue weighted by molar-refractivity contribution is -0.119. The van der Waals surface area contributed by atoms with E-state index in [0.29, 0.717) is 10.9 Å². The highest BCUT2D eigenvalue weighted by atomic mass is 32.2. The van der Waals surface area contributed by atoms with Crippen molar-refractivity contribution in [3.63, 3.8) is 0 Å². The number of ether oxygens (including phenoxy) is 2. The van der Waals surface area contributed by atoms with E-state index in [1.54, 1.807) is 0 Å². The Kier molecular flexibility index (Phi) is 5.63. The standard InChI is InChI=1S/C19H18N4O3S2/c1-12(13-7-8-15-16(9-13)26-11-25-15)20-17(24)10-27-19-23-22-18(28-19)21-14-5-3-2-4-6-14/h2-9,12H,10-11H2,1H3,(H,20,24)(H,21,22)/t12-/m0/s1. The van der Waals surface area contributed by atoms with Crippen molar-refractivity contribution in [3.8, 4) is 11.5 Å². The summed E-state index contributed by atoms with van der Waals surface area (Å²) in [5.41, 5.74) is 1.92. The van der Waals surface area contributed by atoms with Crippen LogP contribution in [0.3, 0.4) is 0 Å². The number of aromatic nitrogens is 2. The van der Waals surface area contributed by atoms with Crippen molar-refractivity contribution in [1.82, 2.24) is 15.5 Å². The van der Waals surface area contributed by atoms with Crippen LogP contribution in [0, 0.1) is 0 Å². The fraction of sp³-hybridized carbons (Fsp3) is 0.211. The zero-order valence-electron chi connectivity index (χ0n) is 15.0. The van der Waals surface area contributed by atoms with Gasteiger partial charge in [0, 0.05) is 5.69 Å². The molecule has 2 heterocycles. The Balaban J connectivity index is 1.27. The minimum Gasteiger partial charge on any atom is -0.454 e. The number of para-hydroxylation sites is 1. The molecule has 0 radical (unpaired) electrons. The van der Waals surface area contributed by atoms with E-state index in [1.165, 1.54) is 23.1 Å². The Morgan fingerprint density at radius 1 is 1.18 bits per heavy atom. The summed E-state index contributed by atoms with van der Waals surface area (Å²) in [4.78, 5) is 12.3. The number of carbonyl (C=O) groups excluding carboxylic acids is 1. The molecule has 0 saturated heterocycles. The molecule has 7 nitrogen and oxygen atoms in total. The van der Waals surface area contributed by atoms with Crippen molar-refractivity contribution < 1.29 is 14.3 Å². The largest absolute Gasteiger partial charge is 0.454 e. The first-order chi connectivity index (χ1) is 13.7. The van der Waals surface area contributed by atoms with E-state index in [4.69, 9.17) is 9.47 Å². The maximum absolute atomic E-state index is 12.3. The second-order valence-electron chi connectivity index (χ2n) is 6.05. The number of thioether (sulfide) groups is 1. The maximum atomic E-state index is 12.3. The van der Waals surface area contributed by atoms with Crippen LogP contribution in [0.15, 0.2) is 52.9 Å². The zero-order valence-corrected chi connectivity index (χ0v) is 16.7. The van der Waals surface area contributed by atoms with E-state index in [9.17, 15) is 4.79 Å². The molecule has 0 aliphatic carbocycles. The minimum absolute atomic E-state index is 0.0667. The van der Waals surface area contributed by atoms with Crippen LogP contribution in [0.1, 0.15) is 18.5 Å². The van der Waals surface area contributed by atoms with Gasteiger partial charge in [-0.2, -0.15) is 0 Å². The first kappa shape index (κ1) is 18.6. The molecule has 1 atom stereocenters. The van der Waals surface area contributed by atoms with E-state index in [-0.39, 0.29) is 24.5 Å². The number of amides is 1. The molecule has 3 aromatic rings. The van der Waals surface area contributed by atoms with Crippen molar-refractivity contribution in [2.75, 3.05) is 17.9 Å². The molecule has 1 aliphatic rings. The molecule has 0 saturated carbocycles. The molecule has 28 heavy (non-hydrogen) atoms. The number of anilines is 2. The highest BCUT2D eigenvalue weighted by Gasteiger charge is 2.17. The van der Waals surface area contributed by atoms with Crippen LogP contribution in [0.4, 0.5) is 10.8 Å². The first-order valence-electron chi connectivity index (χ1n) is 8.64. The van der Waals surface area contributed by atoms with E-state index in [2.05, 4.69) is 20.8 Å². The van der Waals surface area contributed by atoms with Gasteiger partial charge in [-0.1, -0.05) is 47.4 Å². The second-order valence-corrected chi connectivity index (χ2v) is 8.25. The fourth-order valence-corrected chi connectivity index (χ4v) is 4.22. The summed E-state index contributed by atoms with van der Waals surface area (Å²) in [7, 11) is 0. The van der Waals surface area contributed by atoms with Crippen molar-refractivity contribution >= 4 is 39.8 Å². The molecule has 2 N–H and O–H groups in total. The quantitative estimate of drug-likeness (QED) is 0.566. The van der Waals surface area contributed by atoms with E-state index in [1.807, 2.05) is 55.5 Å². The number of hydrogen-bond donors (Lipinski definition) is 2. The van der Waals surface area contributed by atoms with Gasteiger partial charge in [0.1, 0.15) is 0 Å². The third kappa shape index (κ3) is 4.55. The average Bonchev–Trinajstić information content (AvgIpc) is 3.35. The van der Waals surface area contributed by atoms with E-state index in [0.717, 1.165) is 21.3 Å². The number of hydrogen-bond acceptors (Lipinski definition) is 8. The highest BCUT2D eigenvalue weighted by molar-refractivity contribution is 8.01. The predicted octanol–water partition coefficient (Wildman–Crippen LogP) is 3.98. The number of nitrogens with zero attached hydrogens (tertiary/aromatic N) is 2. The highest BCUT2D eigenvalue weighted by Crippen LogP contribution is 2.34. The van der Waals surface area contributed by atoms with Gasteiger partial charge in [0.2, 0.25) is 17.8 Å². The Morgan fingerprint density at radius 3 is 2.86 bits per heavy atom. The van der Waals surface area contributed by atoms with Crippen molar-refractivity contribution in [2.45, 2.75) is 17.3 Å². The van der Waals surface area contributed by atoms with Gasteiger partial charge in [0.25, 0.3) is 0 Å². The lowest BCUT2D eigenvalue weighted by Crippen LogP contribution is -2.28. The summed E-state index contributed by atoms with van der Waals surface area (Å²) >= 11 is 2.78. The van der Waals surface area contributed by atoms with Crippen LogP contribution in [-0.4, -0.2) is 28.7 Å². The fourth-order valence-electron chi connectivity index (χ4n) is 2.64. The van der Waals surface area contributed by atoms with Crippen LogP contribution >= 0.6 is 23.1 Å². The lowest BCUT2D eigenvalue weighted by atomic mass is 10.1. The molecule has 1 aromatic heterocycles. The molecule has 4 rings (SSSR count). The number of carbonyl (C=O) groups is 1. The summed E-state index contributed by atoms with van der Waals surface area (Å²) < 4.78 is 11.4. The van der Waals surface area contributed by atoms with Gasteiger partial charge >= 0.3 is 0 Å². The van der Waals surface area contributed by atoms with Gasteiger partial charge in [-0.3, -0.25) is 4.79 Å². The van der Waals surface area contributed by atoms with Crippen LogP contribution in [0.5, 0.6) is 11.5 Å². The normalized spacial score (nSPS) is 13.2. The second kappa shape index (κ2) is 8.49. The summed E-state index contributed by atoms with van der Waals surface area (Å²) in [6.45, 7) is 2.17. The first-order valence-corrected chi connectivity index (χ1v) is 10.4. The van der Waals surface area contributed by atoms with E-state index >= 15 is 0 Å². The third-order valence-electron chi connectivity index (χ3n) is 4.03. The molecule has 0 bridgehead atoms. The summed E-state index contributed by atoms with van der Waals surface area (Å²) in [6, 6.07) is 15.3. The van der Waals surface area contributed by atoms with Gasteiger partial charge in [0.05, 0.1) is 11.8 Å². The van der Waals surface area contributed by atoms with E-state index < -0.39 is 0 Å². The molecule has 0 unspecified atom stereocenters. The van der Waals surface area contributed by atoms with Crippen molar-refractivity contribution in [2.24, 2.45) is 0 Å². The smallest absolute Gasteiger partial charge is 0.231 e. The van der Waals surface area contributed by atoms with Crippen LogP contribution < -0.4 is 20.1 Å². The average molecular weight is 415 g/mol. The monoisotopic (exact) mass is 414 g/mol. The predicted molar refractivity (Wildman–Crippen MR) is 109 cm³/mol. The Hall–Kier alpha value is -2.78. The Morgan fingerprint density at radius 2 is 2.00 bits per heavy atom. The molecule has 9 heteroatoms. The van der Waals surface area contributed by atoms with Gasteiger partial charge in [-0.05, 0) is 36.8 Å².